The van der Waals surface area contributed by atoms with Gasteiger partial charge in [-0.3, -0.25) is 4.79 Å². The van der Waals surface area contributed by atoms with Gasteiger partial charge in [0.15, 0.2) is 0 Å². The van der Waals surface area contributed by atoms with Gasteiger partial charge in [-0.15, -0.1) is 0 Å². The van der Waals surface area contributed by atoms with Crippen LogP contribution in [-0.2, 0) is 11.2 Å². The third-order valence-corrected chi connectivity index (χ3v) is 2.92. The van der Waals surface area contributed by atoms with Crippen LogP contribution >= 0.6 is 0 Å². The number of rotatable bonds is 5. The van der Waals surface area contributed by atoms with E-state index in [0.29, 0.717) is 18.7 Å². The summed E-state index contributed by atoms with van der Waals surface area (Å²) in [6.07, 6.45) is 1.24. The fourth-order valence-electron chi connectivity index (χ4n) is 1.99. The number of carbonyl (C=O) groups is 1. The number of amides is 1. The Morgan fingerprint density at radius 2 is 2.33 bits per heavy atom. The van der Waals surface area contributed by atoms with Crippen LogP contribution in [0, 0.1) is 0 Å². The van der Waals surface area contributed by atoms with E-state index in [9.17, 15) is 4.79 Å². The molecule has 1 aliphatic rings. The Morgan fingerprint density at radius 3 is 3.11 bits per heavy atom. The molecule has 2 rings (SSSR count). The Labute approximate surface area is 108 Å². The lowest BCUT2D eigenvalue weighted by molar-refractivity contribution is 0.0746. The summed E-state index contributed by atoms with van der Waals surface area (Å²) in [6, 6.07) is 5.82. The van der Waals surface area contributed by atoms with Gasteiger partial charge in [0.2, 0.25) is 0 Å². The number of ether oxygens (including phenoxy) is 1. The SMILES string of the molecule is CC(C)OCCNC(=O)c1ccc2c(c1)NCC2. The van der Waals surface area contributed by atoms with E-state index in [1.165, 1.54) is 5.56 Å². The molecule has 0 bridgehead atoms. The lowest BCUT2D eigenvalue weighted by Crippen LogP contribution is -2.28. The Morgan fingerprint density at radius 1 is 1.50 bits per heavy atom. The number of benzene rings is 1. The summed E-state index contributed by atoms with van der Waals surface area (Å²) in [6.45, 7) is 6.01. The molecule has 1 aromatic carbocycles. The van der Waals surface area contributed by atoms with Crippen molar-refractivity contribution < 1.29 is 9.53 Å². The maximum absolute atomic E-state index is 11.9. The molecular weight excluding hydrogens is 228 g/mol. The van der Waals surface area contributed by atoms with Gasteiger partial charge in [0.05, 0.1) is 12.7 Å². The van der Waals surface area contributed by atoms with Crippen LogP contribution < -0.4 is 10.6 Å². The first-order valence-corrected chi connectivity index (χ1v) is 6.43. The summed E-state index contributed by atoms with van der Waals surface area (Å²) in [7, 11) is 0. The van der Waals surface area contributed by atoms with Crippen molar-refractivity contribution in [1.82, 2.24) is 5.32 Å². The van der Waals surface area contributed by atoms with Gasteiger partial charge in [0, 0.05) is 24.3 Å². The van der Waals surface area contributed by atoms with Gasteiger partial charge < -0.3 is 15.4 Å². The van der Waals surface area contributed by atoms with Crippen LogP contribution in [0.25, 0.3) is 0 Å². The number of nitrogens with one attached hydrogen (secondary N) is 2. The lowest BCUT2D eigenvalue weighted by Gasteiger charge is -2.09. The van der Waals surface area contributed by atoms with E-state index in [-0.39, 0.29) is 12.0 Å². The summed E-state index contributed by atoms with van der Waals surface area (Å²) in [4.78, 5) is 11.9. The highest BCUT2D eigenvalue weighted by Crippen LogP contribution is 2.22. The first kappa shape index (κ1) is 12.9. The van der Waals surface area contributed by atoms with E-state index in [1.54, 1.807) is 0 Å². The van der Waals surface area contributed by atoms with Gasteiger partial charge in [-0.1, -0.05) is 6.07 Å². The molecule has 0 saturated carbocycles. The Hall–Kier alpha value is -1.55. The van der Waals surface area contributed by atoms with Gasteiger partial charge in [-0.25, -0.2) is 0 Å². The van der Waals surface area contributed by atoms with Crippen molar-refractivity contribution in [2.24, 2.45) is 0 Å². The fourth-order valence-corrected chi connectivity index (χ4v) is 1.99. The zero-order valence-electron chi connectivity index (χ0n) is 11.0. The van der Waals surface area contributed by atoms with Gasteiger partial charge in [-0.05, 0) is 38.0 Å². The first-order valence-electron chi connectivity index (χ1n) is 6.43. The predicted octanol–water partition coefficient (Wildman–Crippen LogP) is 1.81. The summed E-state index contributed by atoms with van der Waals surface area (Å²) < 4.78 is 5.38. The molecule has 0 saturated heterocycles. The minimum atomic E-state index is -0.0427. The van der Waals surface area contributed by atoms with Gasteiger partial charge in [0.1, 0.15) is 0 Å². The zero-order valence-corrected chi connectivity index (χ0v) is 11.0. The van der Waals surface area contributed by atoms with Gasteiger partial charge in [0.25, 0.3) is 5.91 Å². The summed E-state index contributed by atoms with van der Waals surface area (Å²) >= 11 is 0. The van der Waals surface area contributed by atoms with E-state index in [2.05, 4.69) is 10.6 Å². The molecule has 98 valence electrons. The smallest absolute Gasteiger partial charge is 0.251 e. The Kier molecular flexibility index (Phi) is 4.20. The van der Waals surface area contributed by atoms with Crippen LogP contribution in [0.15, 0.2) is 18.2 Å². The maximum Gasteiger partial charge on any atom is 0.251 e. The quantitative estimate of drug-likeness (QED) is 0.781. The minimum absolute atomic E-state index is 0.0427. The number of anilines is 1. The molecule has 4 nitrogen and oxygen atoms in total. The van der Waals surface area contributed by atoms with E-state index in [4.69, 9.17) is 4.74 Å². The Balaban J connectivity index is 1.85. The van der Waals surface area contributed by atoms with Crippen molar-refractivity contribution in [3.05, 3.63) is 29.3 Å². The van der Waals surface area contributed by atoms with Crippen LogP contribution in [-0.4, -0.2) is 31.7 Å². The van der Waals surface area contributed by atoms with Crippen LogP contribution in [0.1, 0.15) is 29.8 Å². The van der Waals surface area contributed by atoms with Gasteiger partial charge >= 0.3 is 0 Å². The molecular formula is C14H20N2O2. The molecule has 0 aliphatic carbocycles. The second-order valence-electron chi connectivity index (χ2n) is 4.72. The van der Waals surface area contributed by atoms with Crippen molar-refractivity contribution in [2.75, 3.05) is 25.0 Å². The molecule has 1 amide bonds. The molecule has 1 aliphatic heterocycles. The van der Waals surface area contributed by atoms with Crippen LogP contribution in [0.4, 0.5) is 5.69 Å². The fraction of sp³-hybridized carbons (Fsp3) is 0.500. The highest BCUT2D eigenvalue weighted by atomic mass is 16.5. The van der Waals surface area contributed by atoms with Crippen LogP contribution in [0.2, 0.25) is 0 Å². The molecule has 0 unspecified atom stereocenters. The Bertz CT molecular complexity index is 430. The van der Waals surface area contributed by atoms with Crippen molar-refractivity contribution in [1.29, 1.82) is 0 Å². The molecule has 0 fully saturated rings. The van der Waals surface area contributed by atoms with Crippen molar-refractivity contribution in [2.45, 2.75) is 26.4 Å². The monoisotopic (exact) mass is 248 g/mol. The molecule has 1 heterocycles. The van der Waals surface area contributed by atoms with E-state index >= 15 is 0 Å². The van der Waals surface area contributed by atoms with Gasteiger partial charge in [-0.2, -0.15) is 0 Å². The van der Waals surface area contributed by atoms with E-state index in [0.717, 1.165) is 18.7 Å². The molecule has 0 aromatic heterocycles. The highest BCUT2D eigenvalue weighted by molar-refractivity contribution is 5.95. The molecule has 0 radical (unpaired) electrons. The average Bonchev–Trinajstić information content (AvgIpc) is 2.81. The normalized spacial score (nSPS) is 13.3. The first-order chi connectivity index (χ1) is 8.66. The summed E-state index contributed by atoms with van der Waals surface area (Å²) in [5.41, 5.74) is 3.07. The minimum Gasteiger partial charge on any atom is -0.384 e. The van der Waals surface area contributed by atoms with Crippen molar-refractivity contribution in [3.63, 3.8) is 0 Å². The highest BCUT2D eigenvalue weighted by Gasteiger charge is 2.12. The second kappa shape index (κ2) is 5.87. The zero-order chi connectivity index (χ0) is 13.0. The number of carbonyl (C=O) groups excluding carboxylic acids is 1. The number of hydrogen-bond donors (Lipinski definition) is 2. The third kappa shape index (κ3) is 3.23. The number of hydrogen-bond acceptors (Lipinski definition) is 3. The lowest BCUT2D eigenvalue weighted by atomic mass is 10.1. The molecule has 1 aromatic rings. The van der Waals surface area contributed by atoms with Crippen molar-refractivity contribution in [3.8, 4) is 0 Å². The summed E-state index contributed by atoms with van der Waals surface area (Å²) in [5.74, 6) is -0.0427. The second-order valence-corrected chi connectivity index (χ2v) is 4.72. The molecule has 0 atom stereocenters. The molecule has 4 heteroatoms. The molecule has 0 spiro atoms. The van der Waals surface area contributed by atoms with Crippen LogP contribution in [0.3, 0.4) is 0 Å². The summed E-state index contributed by atoms with van der Waals surface area (Å²) in [5, 5.41) is 6.13. The number of fused-ring (bicyclic) bond motifs is 1. The third-order valence-electron chi connectivity index (χ3n) is 2.92. The van der Waals surface area contributed by atoms with Crippen LogP contribution in [0.5, 0.6) is 0 Å². The molecule has 18 heavy (non-hydrogen) atoms. The van der Waals surface area contributed by atoms with E-state index in [1.807, 2.05) is 32.0 Å². The average molecular weight is 248 g/mol. The topological polar surface area (TPSA) is 50.4 Å². The largest absolute Gasteiger partial charge is 0.384 e. The maximum atomic E-state index is 11.9. The van der Waals surface area contributed by atoms with E-state index < -0.39 is 0 Å². The predicted molar refractivity (Wildman–Crippen MR) is 72.1 cm³/mol. The van der Waals surface area contributed by atoms with Crippen molar-refractivity contribution >= 4 is 11.6 Å². The standard InChI is InChI=1S/C14H20N2O2/c1-10(2)18-8-7-16-14(17)12-4-3-11-5-6-15-13(11)9-12/h3-4,9-10,15H,5-8H2,1-2H3,(H,16,17). The molecule has 2 N–H and O–H groups in total.